The number of fused-ring (bicyclic) bond motifs is 2. The summed E-state index contributed by atoms with van der Waals surface area (Å²) in [6.07, 6.45) is 4.58. The number of hydrogen-bond donors (Lipinski definition) is 1. The highest BCUT2D eigenvalue weighted by atomic mass is 35.5. The van der Waals surface area contributed by atoms with Crippen molar-refractivity contribution in [3.63, 3.8) is 0 Å². The molecule has 138 valence electrons. The molecule has 1 N–H and O–H groups in total. The molecule has 9 heteroatoms. The fourth-order valence-electron chi connectivity index (χ4n) is 3.60. The number of aromatic nitrogens is 1. The van der Waals surface area contributed by atoms with Crippen LogP contribution in [0, 0.1) is 0 Å². The summed E-state index contributed by atoms with van der Waals surface area (Å²) in [5.41, 5.74) is 0.544. The lowest BCUT2D eigenvalue weighted by atomic mass is 9.98. The lowest BCUT2D eigenvalue weighted by molar-refractivity contribution is 0.0676. The zero-order chi connectivity index (χ0) is 16.0. The SMILES string of the molecule is CN(C(=O)c1csc(-c2ccc(Cl)s2)n1)C1CC2CCC(C1)N2.Cl.Cl. The van der Waals surface area contributed by atoms with E-state index in [9.17, 15) is 4.79 Å². The van der Waals surface area contributed by atoms with Crippen molar-refractivity contribution in [1.29, 1.82) is 0 Å². The number of amides is 1. The van der Waals surface area contributed by atoms with E-state index in [2.05, 4.69) is 10.3 Å². The lowest BCUT2D eigenvalue weighted by Gasteiger charge is -2.35. The first-order valence-corrected chi connectivity index (χ1v) is 9.92. The average molecular weight is 441 g/mol. The lowest BCUT2D eigenvalue weighted by Crippen LogP contribution is -2.48. The second-order valence-electron chi connectivity index (χ2n) is 6.32. The Morgan fingerprint density at radius 2 is 1.96 bits per heavy atom. The number of nitrogens with one attached hydrogen (secondary N) is 1. The third kappa shape index (κ3) is 4.31. The van der Waals surface area contributed by atoms with E-state index in [4.69, 9.17) is 11.6 Å². The highest BCUT2D eigenvalue weighted by Gasteiger charge is 2.36. The molecule has 2 unspecified atom stereocenters. The van der Waals surface area contributed by atoms with Crippen molar-refractivity contribution in [1.82, 2.24) is 15.2 Å². The molecule has 4 heterocycles. The Labute approximate surface area is 172 Å². The molecule has 2 saturated heterocycles. The summed E-state index contributed by atoms with van der Waals surface area (Å²) in [7, 11) is 1.92. The van der Waals surface area contributed by atoms with Crippen LogP contribution in [0.2, 0.25) is 4.34 Å². The highest BCUT2D eigenvalue weighted by molar-refractivity contribution is 7.23. The monoisotopic (exact) mass is 439 g/mol. The Morgan fingerprint density at radius 1 is 1.28 bits per heavy atom. The molecule has 2 atom stereocenters. The molecular formula is C16H20Cl3N3OS2. The fourth-order valence-corrected chi connectivity index (χ4v) is 5.51. The normalized spacial score (nSPS) is 24.3. The second-order valence-corrected chi connectivity index (χ2v) is 8.89. The standard InChI is InChI=1S/C16H18ClN3OS2.2ClH/c1-20(11-6-9-2-3-10(7-11)18-9)16(21)12-8-22-15(19-12)13-4-5-14(17)23-13;;/h4-5,8-11,18H,2-3,6-7H2,1H3;2*1H. The molecule has 0 spiro atoms. The highest BCUT2D eigenvalue weighted by Crippen LogP contribution is 2.34. The Balaban J connectivity index is 0.00000113. The van der Waals surface area contributed by atoms with Crippen LogP contribution in [0.15, 0.2) is 17.5 Å². The molecule has 2 aliphatic rings. The van der Waals surface area contributed by atoms with Crippen LogP contribution in [-0.4, -0.2) is 41.0 Å². The number of piperidine rings is 1. The summed E-state index contributed by atoms with van der Waals surface area (Å²) in [4.78, 5) is 20.2. The van der Waals surface area contributed by atoms with Crippen LogP contribution in [-0.2, 0) is 0 Å². The molecule has 4 rings (SSSR count). The minimum atomic E-state index is 0. The van der Waals surface area contributed by atoms with Gasteiger partial charge in [-0.3, -0.25) is 4.79 Å². The largest absolute Gasteiger partial charge is 0.337 e. The van der Waals surface area contributed by atoms with Crippen LogP contribution in [0.1, 0.15) is 36.2 Å². The van der Waals surface area contributed by atoms with Crippen LogP contribution in [0.3, 0.4) is 0 Å². The predicted molar refractivity (Wildman–Crippen MR) is 110 cm³/mol. The molecule has 1 amide bonds. The predicted octanol–water partition coefficient (Wildman–Crippen LogP) is 4.72. The van der Waals surface area contributed by atoms with Gasteiger partial charge in [-0.15, -0.1) is 47.5 Å². The fraction of sp³-hybridized carbons (Fsp3) is 0.500. The van der Waals surface area contributed by atoms with E-state index in [0.717, 1.165) is 27.1 Å². The number of thiazole rings is 1. The number of nitrogens with zero attached hydrogens (tertiary/aromatic N) is 2. The molecular weight excluding hydrogens is 421 g/mol. The summed E-state index contributed by atoms with van der Waals surface area (Å²) in [5.74, 6) is 0.0291. The quantitative estimate of drug-likeness (QED) is 0.751. The Bertz CT molecular complexity index is 724. The summed E-state index contributed by atoms with van der Waals surface area (Å²) in [5, 5.41) is 6.34. The van der Waals surface area contributed by atoms with Gasteiger partial charge in [-0.05, 0) is 37.8 Å². The summed E-state index contributed by atoms with van der Waals surface area (Å²) < 4.78 is 0.741. The Kier molecular flexibility index (Phi) is 7.16. The van der Waals surface area contributed by atoms with Gasteiger partial charge in [-0.1, -0.05) is 11.6 Å². The average Bonchev–Trinajstić information content (AvgIpc) is 3.26. The number of rotatable bonds is 3. The zero-order valence-electron chi connectivity index (χ0n) is 13.6. The first-order valence-electron chi connectivity index (χ1n) is 7.84. The first-order chi connectivity index (χ1) is 11.1. The number of carbonyl (C=O) groups excluding carboxylic acids is 1. The van der Waals surface area contributed by atoms with E-state index < -0.39 is 0 Å². The minimum Gasteiger partial charge on any atom is -0.337 e. The molecule has 2 aromatic rings. The maximum absolute atomic E-state index is 12.8. The van der Waals surface area contributed by atoms with Gasteiger partial charge in [0.25, 0.3) is 5.91 Å². The third-order valence-corrected chi connectivity index (χ3v) is 7.07. The molecule has 2 bridgehead atoms. The minimum absolute atomic E-state index is 0. The summed E-state index contributed by atoms with van der Waals surface area (Å²) in [6.45, 7) is 0. The van der Waals surface area contributed by atoms with Crippen LogP contribution >= 0.6 is 59.1 Å². The molecule has 0 radical (unpaired) electrons. The molecule has 0 aliphatic carbocycles. The van der Waals surface area contributed by atoms with Gasteiger partial charge in [-0.2, -0.15) is 0 Å². The first kappa shape index (κ1) is 20.9. The van der Waals surface area contributed by atoms with Crippen molar-refractivity contribution >= 4 is 65.0 Å². The topological polar surface area (TPSA) is 45.2 Å². The van der Waals surface area contributed by atoms with E-state index in [1.165, 1.54) is 35.5 Å². The van der Waals surface area contributed by atoms with Crippen molar-refractivity contribution in [2.45, 2.75) is 43.8 Å². The second kappa shape index (κ2) is 8.55. The molecule has 0 saturated carbocycles. The maximum atomic E-state index is 12.8. The van der Waals surface area contributed by atoms with Crippen molar-refractivity contribution in [3.05, 3.63) is 27.5 Å². The van der Waals surface area contributed by atoms with Gasteiger partial charge in [0.1, 0.15) is 10.7 Å². The number of thiophene rings is 1. The molecule has 2 aromatic heterocycles. The van der Waals surface area contributed by atoms with E-state index in [0.29, 0.717) is 23.8 Å². The smallest absolute Gasteiger partial charge is 0.273 e. The van der Waals surface area contributed by atoms with Gasteiger partial charge in [-0.25, -0.2) is 4.98 Å². The van der Waals surface area contributed by atoms with Gasteiger partial charge >= 0.3 is 0 Å². The zero-order valence-corrected chi connectivity index (χ0v) is 17.6. The van der Waals surface area contributed by atoms with Gasteiger partial charge in [0.2, 0.25) is 0 Å². The van der Waals surface area contributed by atoms with Crippen LogP contribution in [0.5, 0.6) is 0 Å². The number of hydrogen-bond acceptors (Lipinski definition) is 5. The molecule has 0 aromatic carbocycles. The van der Waals surface area contributed by atoms with Crippen molar-refractivity contribution in [3.8, 4) is 9.88 Å². The van der Waals surface area contributed by atoms with E-state index in [1.807, 2.05) is 29.5 Å². The molecule has 2 aliphatic heterocycles. The van der Waals surface area contributed by atoms with Gasteiger partial charge in [0, 0.05) is 30.6 Å². The number of carbonyl (C=O) groups is 1. The van der Waals surface area contributed by atoms with Gasteiger partial charge in [0.05, 0.1) is 9.21 Å². The summed E-state index contributed by atoms with van der Waals surface area (Å²) >= 11 is 8.97. The van der Waals surface area contributed by atoms with Crippen LogP contribution in [0.25, 0.3) is 9.88 Å². The van der Waals surface area contributed by atoms with Crippen molar-refractivity contribution < 1.29 is 4.79 Å². The maximum Gasteiger partial charge on any atom is 0.273 e. The number of halogens is 3. The third-order valence-electron chi connectivity index (χ3n) is 4.82. The van der Waals surface area contributed by atoms with E-state index in [1.54, 1.807) is 0 Å². The molecule has 2 fully saturated rings. The Morgan fingerprint density at radius 3 is 2.56 bits per heavy atom. The Hall–Kier alpha value is -0.370. The van der Waals surface area contributed by atoms with Crippen molar-refractivity contribution in [2.24, 2.45) is 0 Å². The van der Waals surface area contributed by atoms with Gasteiger partial charge in [0.15, 0.2) is 0 Å². The molecule has 4 nitrogen and oxygen atoms in total. The van der Waals surface area contributed by atoms with E-state index in [-0.39, 0.29) is 30.7 Å². The van der Waals surface area contributed by atoms with E-state index >= 15 is 0 Å². The van der Waals surface area contributed by atoms with Gasteiger partial charge < -0.3 is 10.2 Å². The van der Waals surface area contributed by atoms with Crippen LogP contribution < -0.4 is 5.32 Å². The molecule has 25 heavy (non-hydrogen) atoms. The summed E-state index contributed by atoms with van der Waals surface area (Å²) in [6, 6.07) is 5.29. The van der Waals surface area contributed by atoms with Crippen molar-refractivity contribution in [2.75, 3.05) is 7.05 Å². The van der Waals surface area contributed by atoms with Crippen LogP contribution in [0.4, 0.5) is 0 Å².